The Hall–Kier alpha value is -0.880. The SMILES string of the molecule is O=c1[nH]c2ccccc2c(=O)n1CC(Br)CBr. The topological polar surface area (TPSA) is 54.9 Å². The summed E-state index contributed by atoms with van der Waals surface area (Å²) in [5.41, 5.74) is -0.0578. The fraction of sp³-hybridized carbons (Fsp3) is 0.273. The van der Waals surface area contributed by atoms with Gasteiger partial charge in [0.15, 0.2) is 0 Å². The summed E-state index contributed by atoms with van der Waals surface area (Å²) >= 11 is 6.68. The summed E-state index contributed by atoms with van der Waals surface area (Å²) in [5, 5.41) is 1.20. The Balaban J connectivity index is 2.64. The van der Waals surface area contributed by atoms with Crippen molar-refractivity contribution in [3.63, 3.8) is 0 Å². The molecule has 2 rings (SSSR count). The molecule has 0 amide bonds. The molecular formula is C11H10Br2N2O2. The van der Waals surface area contributed by atoms with Crippen LogP contribution >= 0.6 is 31.9 Å². The van der Waals surface area contributed by atoms with E-state index < -0.39 is 0 Å². The Morgan fingerprint density at radius 2 is 2.00 bits per heavy atom. The Morgan fingerprint density at radius 1 is 1.29 bits per heavy atom. The molecular weight excluding hydrogens is 352 g/mol. The molecule has 0 saturated carbocycles. The molecule has 6 heteroatoms. The fourth-order valence-corrected chi connectivity index (χ4v) is 2.11. The van der Waals surface area contributed by atoms with Crippen molar-refractivity contribution in [2.45, 2.75) is 11.4 Å². The van der Waals surface area contributed by atoms with Gasteiger partial charge < -0.3 is 4.98 Å². The number of aromatic nitrogens is 2. The van der Waals surface area contributed by atoms with Crippen LogP contribution in [0.3, 0.4) is 0 Å². The molecule has 1 unspecified atom stereocenters. The van der Waals surface area contributed by atoms with Gasteiger partial charge >= 0.3 is 5.69 Å². The standard InChI is InChI=1S/C11H10Br2N2O2/c12-5-7(13)6-15-10(16)8-3-1-2-4-9(8)14-11(15)17/h1-4,7H,5-6H2,(H,14,17). The number of H-pyrrole nitrogens is 1. The van der Waals surface area contributed by atoms with Gasteiger partial charge in [-0.1, -0.05) is 44.0 Å². The van der Waals surface area contributed by atoms with Crippen LogP contribution in [-0.4, -0.2) is 19.7 Å². The van der Waals surface area contributed by atoms with E-state index in [0.29, 0.717) is 22.8 Å². The smallest absolute Gasteiger partial charge is 0.307 e. The molecule has 0 aliphatic rings. The third-order valence-electron chi connectivity index (χ3n) is 2.44. The highest BCUT2D eigenvalue weighted by Crippen LogP contribution is 2.06. The van der Waals surface area contributed by atoms with Gasteiger partial charge in [-0.3, -0.25) is 9.36 Å². The molecule has 0 radical (unpaired) electrons. The number of rotatable bonds is 3. The quantitative estimate of drug-likeness (QED) is 0.848. The second-order valence-corrected chi connectivity index (χ2v) is 5.59. The highest BCUT2D eigenvalue weighted by Gasteiger charge is 2.10. The predicted molar refractivity (Wildman–Crippen MR) is 75.3 cm³/mol. The first-order chi connectivity index (χ1) is 8.13. The maximum absolute atomic E-state index is 12.1. The fourth-order valence-electron chi connectivity index (χ4n) is 1.61. The van der Waals surface area contributed by atoms with Gasteiger partial charge in [-0.2, -0.15) is 0 Å². The lowest BCUT2D eigenvalue weighted by atomic mass is 10.2. The number of fused-ring (bicyclic) bond motifs is 1. The summed E-state index contributed by atoms with van der Waals surface area (Å²) in [6.07, 6.45) is 0. The minimum absolute atomic E-state index is 0.0439. The minimum Gasteiger partial charge on any atom is -0.307 e. The average molecular weight is 362 g/mol. The Kier molecular flexibility index (Phi) is 3.83. The van der Waals surface area contributed by atoms with E-state index in [1.165, 1.54) is 4.57 Å². The van der Waals surface area contributed by atoms with Crippen LogP contribution in [0.4, 0.5) is 0 Å². The Bertz CT molecular complexity index is 648. The van der Waals surface area contributed by atoms with E-state index in [1.807, 2.05) is 0 Å². The van der Waals surface area contributed by atoms with E-state index in [0.717, 1.165) is 0 Å². The molecule has 0 spiro atoms. The first kappa shape index (κ1) is 12.6. The molecule has 1 atom stereocenters. The van der Waals surface area contributed by atoms with E-state index in [1.54, 1.807) is 24.3 Å². The summed E-state index contributed by atoms with van der Waals surface area (Å²) in [7, 11) is 0. The van der Waals surface area contributed by atoms with E-state index in [9.17, 15) is 9.59 Å². The molecule has 17 heavy (non-hydrogen) atoms. The van der Waals surface area contributed by atoms with Crippen LogP contribution in [0.15, 0.2) is 33.9 Å². The highest BCUT2D eigenvalue weighted by atomic mass is 79.9. The summed E-state index contributed by atoms with van der Waals surface area (Å²) in [6.45, 7) is 0.338. The number of benzene rings is 1. The third-order valence-corrected chi connectivity index (χ3v) is 4.70. The number of aromatic amines is 1. The average Bonchev–Trinajstić information content (AvgIpc) is 2.34. The van der Waals surface area contributed by atoms with E-state index in [-0.39, 0.29) is 16.1 Å². The van der Waals surface area contributed by atoms with Crippen molar-refractivity contribution in [3.05, 3.63) is 45.1 Å². The molecule has 4 nitrogen and oxygen atoms in total. The lowest BCUT2D eigenvalue weighted by Gasteiger charge is -2.09. The molecule has 1 N–H and O–H groups in total. The monoisotopic (exact) mass is 360 g/mol. The van der Waals surface area contributed by atoms with Crippen molar-refractivity contribution in [2.24, 2.45) is 0 Å². The molecule has 0 aliphatic carbocycles. The normalized spacial score (nSPS) is 12.8. The first-order valence-corrected chi connectivity index (χ1v) is 7.09. The second-order valence-electron chi connectivity index (χ2n) is 3.64. The number of halogens is 2. The summed E-state index contributed by atoms with van der Waals surface area (Å²) in [5.74, 6) is 0. The number of hydrogen-bond donors (Lipinski definition) is 1. The van der Waals surface area contributed by atoms with Gasteiger partial charge in [-0.25, -0.2) is 4.79 Å². The zero-order valence-corrected chi connectivity index (χ0v) is 12.0. The molecule has 0 aliphatic heterocycles. The minimum atomic E-state index is -0.376. The van der Waals surface area contributed by atoms with E-state index >= 15 is 0 Å². The van der Waals surface area contributed by atoms with Gasteiger partial charge in [0.05, 0.1) is 10.9 Å². The number of para-hydroxylation sites is 1. The molecule has 2 aromatic rings. The van der Waals surface area contributed by atoms with Crippen LogP contribution in [0, 0.1) is 0 Å². The van der Waals surface area contributed by atoms with Crippen molar-refractivity contribution in [2.75, 3.05) is 5.33 Å². The molecule has 0 bridgehead atoms. The molecule has 0 fully saturated rings. The molecule has 1 aromatic heterocycles. The van der Waals surface area contributed by atoms with Gasteiger partial charge in [0.25, 0.3) is 5.56 Å². The summed E-state index contributed by atoms with van der Waals surface area (Å²) in [4.78, 5) is 26.6. The van der Waals surface area contributed by atoms with Crippen molar-refractivity contribution in [3.8, 4) is 0 Å². The van der Waals surface area contributed by atoms with Crippen molar-refractivity contribution >= 4 is 42.8 Å². The van der Waals surface area contributed by atoms with Crippen molar-refractivity contribution < 1.29 is 0 Å². The van der Waals surface area contributed by atoms with Gasteiger partial charge in [-0.05, 0) is 12.1 Å². The number of hydrogen-bond acceptors (Lipinski definition) is 2. The lowest BCUT2D eigenvalue weighted by Crippen LogP contribution is -2.37. The van der Waals surface area contributed by atoms with Crippen LogP contribution in [-0.2, 0) is 6.54 Å². The predicted octanol–water partition coefficient (Wildman–Crippen LogP) is 1.85. The molecule has 0 saturated heterocycles. The van der Waals surface area contributed by atoms with Crippen molar-refractivity contribution in [1.82, 2.24) is 9.55 Å². The zero-order chi connectivity index (χ0) is 12.4. The summed E-state index contributed by atoms with van der Waals surface area (Å²) in [6, 6.07) is 7.00. The lowest BCUT2D eigenvalue weighted by molar-refractivity contribution is 0.643. The van der Waals surface area contributed by atoms with E-state index in [2.05, 4.69) is 36.8 Å². The number of nitrogens with zero attached hydrogens (tertiary/aromatic N) is 1. The Morgan fingerprint density at radius 3 is 2.71 bits per heavy atom. The van der Waals surface area contributed by atoms with Gasteiger partial charge in [0.2, 0.25) is 0 Å². The molecule has 1 heterocycles. The zero-order valence-electron chi connectivity index (χ0n) is 8.82. The van der Waals surface area contributed by atoms with Crippen LogP contribution < -0.4 is 11.2 Å². The van der Waals surface area contributed by atoms with Crippen LogP contribution in [0.25, 0.3) is 10.9 Å². The van der Waals surface area contributed by atoms with Gasteiger partial charge in [-0.15, -0.1) is 0 Å². The highest BCUT2D eigenvalue weighted by molar-refractivity contribution is 9.12. The number of alkyl halides is 2. The molecule has 90 valence electrons. The maximum Gasteiger partial charge on any atom is 0.328 e. The van der Waals surface area contributed by atoms with Crippen LogP contribution in [0.5, 0.6) is 0 Å². The van der Waals surface area contributed by atoms with Crippen molar-refractivity contribution in [1.29, 1.82) is 0 Å². The third kappa shape index (κ3) is 2.52. The number of nitrogens with one attached hydrogen (secondary N) is 1. The second kappa shape index (κ2) is 5.18. The molecule has 1 aromatic carbocycles. The maximum atomic E-state index is 12.1. The first-order valence-electron chi connectivity index (χ1n) is 5.05. The van der Waals surface area contributed by atoms with Gasteiger partial charge in [0, 0.05) is 16.7 Å². The van der Waals surface area contributed by atoms with Crippen LogP contribution in [0.2, 0.25) is 0 Å². The van der Waals surface area contributed by atoms with Crippen LogP contribution in [0.1, 0.15) is 0 Å². The largest absolute Gasteiger partial charge is 0.328 e. The Labute approximate surface area is 114 Å². The van der Waals surface area contributed by atoms with E-state index in [4.69, 9.17) is 0 Å². The van der Waals surface area contributed by atoms with Gasteiger partial charge in [0.1, 0.15) is 0 Å². The summed E-state index contributed by atoms with van der Waals surface area (Å²) < 4.78 is 1.21.